The predicted octanol–water partition coefficient (Wildman–Crippen LogP) is 5.16. The van der Waals surface area contributed by atoms with Crippen molar-refractivity contribution < 1.29 is 18.0 Å². The molecule has 0 aliphatic rings. The summed E-state index contributed by atoms with van der Waals surface area (Å²) in [5.41, 5.74) is 0.560. The van der Waals surface area contributed by atoms with Gasteiger partial charge in [-0.2, -0.15) is 13.2 Å². The van der Waals surface area contributed by atoms with Gasteiger partial charge in [0, 0.05) is 15.1 Å². The highest BCUT2D eigenvalue weighted by atomic mass is 32.1. The molecular formula is C18H14F3NOS. The van der Waals surface area contributed by atoms with Crippen LogP contribution in [0.3, 0.4) is 0 Å². The van der Waals surface area contributed by atoms with Crippen LogP contribution in [0.25, 0.3) is 10.1 Å². The van der Waals surface area contributed by atoms with Gasteiger partial charge in [0.05, 0.1) is 12.1 Å². The summed E-state index contributed by atoms with van der Waals surface area (Å²) in [4.78, 5) is 13.2. The van der Waals surface area contributed by atoms with Crippen molar-refractivity contribution in [2.45, 2.75) is 19.6 Å². The van der Waals surface area contributed by atoms with E-state index < -0.39 is 11.7 Å². The highest BCUT2D eigenvalue weighted by Crippen LogP contribution is 2.31. The molecule has 1 aromatic heterocycles. The van der Waals surface area contributed by atoms with Crippen LogP contribution < -0.4 is 5.32 Å². The molecule has 6 heteroatoms. The Hall–Kier alpha value is -2.34. The summed E-state index contributed by atoms with van der Waals surface area (Å²) in [6.07, 6.45) is -4.40. The number of alkyl halides is 3. The van der Waals surface area contributed by atoms with E-state index >= 15 is 0 Å². The third-order valence-corrected chi connectivity index (χ3v) is 5.10. The fourth-order valence-corrected chi connectivity index (χ4v) is 3.62. The van der Waals surface area contributed by atoms with E-state index in [0.717, 1.165) is 32.7 Å². The molecule has 1 N–H and O–H groups in total. The lowest BCUT2D eigenvalue weighted by Gasteiger charge is -2.08. The molecule has 0 aliphatic carbocycles. The van der Waals surface area contributed by atoms with Crippen LogP contribution in [-0.2, 0) is 12.7 Å². The lowest BCUT2D eigenvalue weighted by Crippen LogP contribution is -2.22. The number of fused-ring (bicyclic) bond motifs is 1. The first kappa shape index (κ1) is 16.5. The van der Waals surface area contributed by atoms with Crippen molar-refractivity contribution in [3.05, 3.63) is 70.1 Å². The van der Waals surface area contributed by atoms with Crippen molar-refractivity contribution in [2.75, 3.05) is 0 Å². The van der Waals surface area contributed by atoms with Gasteiger partial charge in [-0.15, -0.1) is 11.3 Å². The van der Waals surface area contributed by atoms with Gasteiger partial charge < -0.3 is 5.32 Å². The Bertz CT molecular complexity index is 881. The number of halogens is 3. The molecule has 0 bridgehead atoms. The van der Waals surface area contributed by atoms with Crippen LogP contribution in [0.5, 0.6) is 0 Å². The van der Waals surface area contributed by atoms with Gasteiger partial charge in [0.25, 0.3) is 5.91 Å². The zero-order chi connectivity index (χ0) is 17.3. The van der Waals surface area contributed by atoms with Crippen molar-refractivity contribution >= 4 is 27.3 Å². The highest BCUT2D eigenvalue weighted by Gasteiger charge is 2.30. The summed E-state index contributed by atoms with van der Waals surface area (Å²) in [5.74, 6) is -0.388. The topological polar surface area (TPSA) is 29.1 Å². The first-order valence-electron chi connectivity index (χ1n) is 7.29. The van der Waals surface area contributed by atoms with Crippen LogP contribution in [0.1, 0.15) is 26.4 Å². The van der Waals surface area contributed by atoms with Gasteiger partial charge in [-0.25, -0.2) is 0 Å². The summed E-state index contributed by atoms with van der Waals surface area (Å²) in [7, 11) is 0. The van der Waals surface area contributed by atoms with E-state index in [1.807, 2.05) is 31.2 Å². The maximum atomic E-state index is 12.5. The van der Waals surface area contributed by atoms with Crippen LogP contribution >= 0.6 is 11.3 Å². The van der Waals surface area contributed by atoms with E-state index in [-0.39, 0.29) is 11.5 Å². The number of rotatable bonds is 3. The van der Waals surface area contributed by atoms with Crippen LogP contribution in [0.15, 0.2) is 48.5 Å². The number of amides is 1. The number of carbonyl (C=O) groups is 1. The Balaban J connectivity index is 1.72. The number of hydrogen-bond acceptors (Lipinski definition) is 2. The van der Waals surface area contributed by atoms with Gasteiger partial charge in [0.15, 0.2) is 0 Å². The highest BCUT2D eigenvalue weighted by molar-refractivity contribution is 7.19. The van der Waals surface area contributed by atoms with E-state index in [9.17, 15) is 18.0 Å². The Morgan fingerprint density at radius 3 is 2.38 bits per heavy atom. The van der Waals surface area contributed by atoms with Gasteiger partial charge in [0.2, 0.25) is 0 Å². The lowest BCUT2D eigenvalue weighted by atomic mass is 10.1. The standard InChI is InChI=1S/C18H14F3NOS/c1-11-14-4-2-3-5-15(14)24-16(11)10-22-17(23)12-6-8-13(9-7-12)18(19,20)21/h2-9H,10H2,1H3,(H,22,23). The molecule has 1 heterocycles. The molecule has 0 aliphatic heterocycles. The third kappa shape index (κ3) is 3.28. The average Bonchev–Trinajstić information content (AvgIpc) is 2.88. The molecule has 2 aromatic carbocycles. The third-order valence-electron chi connectivity index (χ3n) is 3.83. The number of carbonyl (C=O) groups excluding carboxylic acids is 1. The minimum atomic E-state index is -4.40. The summed E-state index contributed by atoms with van der Waals surface area (Å²) in [6.45, 7) is 2.35. The molecule has 0 saturated heterocycles. The Morgan fingerprint density at radius 1 is 1.08 bits per heavy atom. The molecule has 0 saturated carbocycles. The van der Waals surface area contributed by atoms with Gasteiger partial charge in [-0.05, 0) is 48.2 Å². The molecule has 0 spiro atoms. The first-order chi connectivity index (χ1) is 11.4. The molecule has 124 valence electrons. The first-order valence-corrected chi connectivity index (χ1v) is 8.10. The van der Waals surface area contributed by atoms with Gasteiger partial charge in [-0.3, -0.25) is 4.79 Å². The minimum Gasteiger partial charge on any atom is -0.347 e. The summed E-state index contributed by atoms with van der Waals surface area (Å²) in [5, 5.41) is 3.92. The molecular weight excluding hydrogens is 335 g/mol. The quantitative estimate of drug-likeness (QED) is 0.695. The number of aryl methyl sites for hydroxylation is 1. The van der Waals surface area contributed by atoms with E-state index in [2.05, 4.69) is 5.32 Å². The van der Waals surface area contributed by atoms with E-state index in [1.54, 1.807) is 11.3 Å². The van der Waals surface area contributed by atoms with Gasteiger partial charge in [0.1, 0.15) is 0 Å². The van der Waals surface area contributed by atoms with E-state index in [1.165, 1.54) is 12.1 Å². The summed E-state index contributed by atoms with van der Waals surface area (Å²) in [6, 6.07) is 12.2. The maximum absolute atomic E-state index is 12.5. The molecule has 24 heavy (non-hydrogen) atoms. The number of nitrogens with one attached hydrogen (secondary N) is 1. The molecule has 1 amide bonds. The Kier molecular flexibility index (Phi) is 4.32. The molecule has 3 rings (SSSR count). The zero-order valence-corrected chi connectivity index (χ0v) is 13.6. The van der Waals surface area contributed by atoms with E-state index in [0.29, 0.717) is 6.54 Å². The second kappa shape index (κ2) is 6.28. The smallest absolute Gasteiger partial charge is 0.347 e. The predicted molar refractivity (Wildman–Crippen MR) is 89.2 cm³/mol. The maximum Gasteiger partial charge on any atom is 0.416 e. The fourth-order valence-electron chi connectivity index (χ4n) is 2.47. The van der Waals surface area contributed by atoms with Crippen LogP contribution in [-0.4, -0.2) is 5.91 Å². The number of hydrogen-bond donors (Lipinski definition) is 1. The lowest BCUT2D eigenvalue weighted by molar-refractivity contribution is -0.137. The Labute approximate surface area is 140 Å². The Morgan fingerprint density at radius 2 is 1.75 bits per heavy atom. The molecule has 2 nitrogen and oxygen atoms in total. The van der Waals surface area contributed by atoms with E-state index in [4.69, 9.17) is 0 Å². The second-order valence-electron chi connectivity index (χ2n) is 5.40. The van der Waals surface area contributed by atoms with Crippen molar-refractivity contribution in [1.29, 1.82) is 0 Å². The fraction of sp³-hybridized carbons (Fsp3) is 0.167. The van der Waals surface area contributed by atoms with Crippen LogP contribution in [0, 0.1) is 6.92 Å². The average molecular weight is 349 g/mol. The molecule has 0 atom stereocenters. The normalized spacial score (nSPS) is 11.7. The SMILES string of the molecule is Cc1c(CNC(=O)c2ccc(C(F)(F)F)cc2)sc2ccccc12. The molecule has 0 unspecified atom stereocenters. The van der Waals surface area contributed by atoms with Gasteiger partial charge in [-0.1, -0.05) is 18.2 Å². The number of benzene rings is 2. The molecule has 0 fully saturated rings. The molecule has 0 radical (unpaired) electrons. The summed E-state index contributed by atoms with van der Waals surface area (Å²) >= 11 is 1.60. The van der Waals surface area contributed by atoms with Crippen LogP contribution in [0.4, 0.5) is 13.2 Å². The van der Waals surface area contributed by atoms with Crippen molar-refractivity contribution in [2.24, 2.45) is 0 Å². The zero-order valence-electron chi connectivity index (χ0n) is 12.8. The largest absolute Gasteiger partial charge is 0.416 e. The molecule has 3 aromatic rings. The van der Waals surface area contributed by atoms with Crippen LogP contribution in [0.2, 0.25) is 0 Å². The van der Waals surface area contributed by atoms with Gasteiger partial charge >= 0.3 is 6.18 Å². The van der Waals surface area contributed by atoms with Crippen molar-refractivity contribution in [1.82, 2.24) is 5.32 Å². The minimum absolute atomic E-state index is 0.210. The van der Waals surface area contributed by atoms with Crippen molar-refractivity contribution in [3.63, 3.8) is 0 Å². The number of thiophene rings is 1. The summed E-state index contributed by atoms with van der Waals surface area (Å²) < 4.78 is 38.8. The monoisotopic (exact) mass is 349 g/mol. The second-order valence-corrected chi connectivity index (χ2v) is 6.54. The van der Waals surface area contributed by atoms with Crippen molar-refractivity contribution in [3.8, 4) is 0 Å².